The molecule has 20 heavy (non-hydrogen) atoms. The Morgan fingerprint density at radius 3 is 2.30 bits per heavy atom. The minimum Gasteiger partial charge on any atom is -0.341 e. The minimum absolute atomic E-state index is 0.157. The van der Waals surface area contributed by atoms with Crippen LogP contribution in [0.15, 0.2) is 24.3 Å². The molecule has 1 heterocycles. The Morgan fingerprint density at radius 1 is 1.05 bits per heavy atom. The normalized spacial score (nSPS) is 10.3. The van der Waals surface area contributed by atoms with Crippen LogP contribution in [0.2, 0.25) is 0 Å². The molecule has 104 valence electrons. The lowest BCUT2D eigenvalue weighted by Crippen LogP contribution is -1.94. The number of nitrogens with zero attached hydrogens (tertiary/aromatic N) is 2. The number of aryl methyl sites for hydroxylation is 2. The summed E-state index contributed by atoms with van der Waals surface area (Å²) in [5.41, 5.74) is 2.50. The van der Waals surface area contributed by atoms with Gasteiger partial charge in [-0.25, -0.2) is 0 Å². The fraction of sp³-hybridized carbons (Fsp3) is 0.167. The molecule has 0 amide bonds. The van der Waals surface area contributed by atoms with E-state index < -0.39 is 9.85 Å². The van der Waals surface area contributed by atoms with Gasteiger partial charge in [-0.15, -0.1) is 0 Å². The Labute approximate surface area is 118 Å². The molecule has 1 aromatic heterocycles. The minimum atomic E-state index is -0.636. The van der Waals surface area contributed by atoms with Gasteiger partial charge in [-0.05, 0) is 48.4 Å². The number of hydrogen-bond acceptors (Lipinski definition) is 6. The van der Waals surface area contributed by atoms with Crippen LogP contribution in [0.1, 0.15) is 11.1 Å². The second-order valence-corrected chi connectivity index (χ2v) is 5.27. The lowest BCUT2D eigenvalue weighted by molar-refractivity contribution is -0.389. The topological polar surface area (TPSA) is 98.3 Å². The van der Waals surface area contributed by atoms with Gasteiger partial charge in [-0.2, -0.15) is 0 Å². The highest BCUT2D eigenvalue weighted by atomic mass is 32.1. The molecule has 0 aliphatic carbocycles. The summed E-state index contributed by atoms with van der Waals surface area (Å²) < 4.78 is 0. The number of nitrogens with one attached hydrogen (secondary N) is 1. The molecule has 1 N–H and O–H groups in total. The molecular weight excluding hydrogens is 282 g/mol. The Morgan fingerprint density at radius 2 is 1.75 bits per heavy atom. The molecule has 0 aliphatic rings. The maximum absolute atomic E-state index is 10.9. The number of anilines is 2. The first-order chi connectivity index (χ1) is 9.38. The molecule has 2 rings (SSSR count). The maximum Gasteiger partial charge on any atom is 0.333 e. The zero-order valence-electron chi connectivity index (χ0n) is 10.7. The maximum atomic E-state index is 10.9. The van der Waals surface area contributed by atoms with Crippen LogP contribution in [0.3, 0.4) is 0 Å². The van der Waals surface area contributed by atoms with Crippen LogP contribution in [0.5, 0.6) is 0 Å². The quantitative estimate of drug-likeness (QED) is 0.680. The monoisotopic (exact) mass is 293 g/mol. The van der Waals surface area contributed by atoms with E-state index in [1.165, 1.54) is 0 Å². The molecule has 0 spiro atoms. The summed E-state index contributed by atoms with van der Waals surface area (Å²) in [6.45, 7) is 3.88. The fourth-order valence-electron chi connectivity index (χ4n) is 1.63. The first-order valence-corrected chi connectivity index (χ1v) is 6.47. The molecule has 0 fully saturated rings. The van der Waals surface area contributed by atoms with E-state index in [-0.39, 0.29) is 15.7 Å². The summed E-state index contributed by atoms with van der Waals surface area (Å²) in [5, 5.41) is 24.4. The summed E-state index contributed by atoms with van der Waals surface area (Å²) in [6.07, 6.45) is 0. The molecule has 0 saturated carbocycles. The van der Waals surface area contributed by atoms with Crippen LogP contribution in [-0.4, -0.2) is 9.85 Å². The average Bonchev–Trinajstić information content (AvgIpc) is 2.78. The number of rotatable bonds is 4. The van der Waals surface area contributed by atoms with Gasteiger partial charge in [0.1, 0.15) is 6.07 Å². The standard InChI is InChI=1S/C12H11N3O4S/c1-7-3-4-9(5-8(7)2)13-12-10(14(16)17)6-11(20-12)15(18)19/h3-6,13H,1-2H3. The highest BCUT2D eigenvalue weighted by molar-refractivity contribution is 7.19. The van der Waals surface area contributed by atoms with Crippen molar-refractivity contribution in [3.05, 3.63) is 55.6 Å². The second-order valence-electron chi connectivity index (χ2n) is 4.24. The van der Waals surface area contributed by atoms with Crippen molar-refractivity contribution in [1.82, 2.24) is 0 Å². The predicted octanol–water partition coefficient (Wildman–Crippen LogP) is 3.92. The van der Waals surface area contributed by atoms with Gasteiger partial charge in [-0.3, -0.25) is 20.2 Å². The zero-order valence-corrected chi connectivity index (χ0v) is 11.6. The van der Waals surface area contributed by atoms with Crippen molar-refractivity contribution in [3.63, 3.8) is 0 Å². The van der Waals surface area contributed by atoms with Crippen LogP contribution in [0.4, 0.5) is 21.4 Å². The second kappa shape index (κ2) is 5.25. The summed E-state index contributed by atoms with van der Waals surface area (Å²) in [4.78, 5) is 20.4. The van der Waals surface area contributed by atoms with Gasteiger partial charge in [0.2, 0.25) is 0 Å². The van der Waals surface area contributed by atoms with E-state index in [1.807, 2.05) is 26.0 Å². The lowest BCUT2D eigenvalue weighted by atomic mass is 10.1. The largest absolute Gasteiger partial charge is 0.341 e. The van der Waals surface area contributed by atoms with Crippen molar-refractivity contribution in [2.75, 3.05) is 5.32 Å². The molecule has 8 heteroatoms. The first kappa shape index (κ1) is 13.9. The molecule has 0 saturated heterocycles. The van der Waals surface area contributed by atoms with E-state index in [0.717, 1.165) is 28.5 Å². The van der Waals surface area contributed by atoms with Gasteiger partial charge in [0, 0.05) is 5.69 Å². The molecular formula is C12H11N3O4S. The number of nitro groups is 2. The van der Waals surface area contributed by atoms with E-state index in [2.05, 4.69) is 5.32 Å². The van der Waals surface area contributed by atoms with E-state index in [0.29, 0.717) is 5.69 Å². The van der Waals surface area contributed by atoms with Gasteiger partial charge < -0.3 is 5.32 Å². The van der Waals surface area contributed by atoms with Crippen LogP contribution in [-0.2, 0) is 0 Å². The van der Waals surface area contributed by atoms with Gasteiger partial charge in [-0.1, -0.05) is 6.07 Å². The lowest BCUT2D eigenvalue weighted by Gasteiger charge is -2.06. The third-order valence-electron chi connectivity index (χ3n) is 2.84. The molecule has 0 aliphatic heterocycles. The number of thiophene rings is 1. The Hall–Kier alpha value is -2.48. The van der Waals surface area contributed by atoms with E-state index in [9.17, 15) is 20.2 Å². The molecule has 0 radical (unpaired) electrons. The molecule has 1 aromatic carbocycles. The van der Waals surface area contributed by atoms with Crippen molar-refractivity contribution in [3.8, 4) is 0 Å². The zero-order chi connectivity index (χ0) is 14.9. The predicted molar refractivity (Wildman–Crippen MR) is 76.8 cm³/mol. The molecule has 7 nitrogen and oxygen atoms in total. The fourth-order valence-corrected chi connectivity index (χ4v) is 2.50. The van der Waals surface area contributed by atoms with Gasteiger partial charge in [0.15, 0.2) is 5.00 Å². The third kappa shape index (κ3) is 2.75. The van der Waals surface area contributed by atoms with Crippen LogP contribution < -0.4 is 5.32 Å². The first-order valence-electron chi connectivity index (χ1n) is 5.65. The number of benzene rings is 1. The molecule has 0 atom stereocenters. The molecule has 0 bridgehead atoms. The molecule has 0 unspecified atom stereocenters. The Kier molecular flexibility index (Phi) is 3.66. The van der Waals surface area contributed by atoms with Crippen LogP contribution in [0.25, 0.3) is 0 Å². The summed E-state index contributed by atoms with van der Waals surface area (Å²) in [7, 11) is 0. The highest BCUT2D eigenvalue weighted by Gasteiger charge is 2.25. The van der Waals surface area contributed by atoms with E-state index in [4.69, 9.17) is 0 Å². The SMILES string of the molecule is Cc1ccc(Nc2sc([N+](=O)[O-])cc2[N+](=O)[O-])cc1C. The van der Waals surface area contributed by atoms with Gasteiger partial charge in [0.25, 0.3) is 0 Å². The van der Waals surface area contributed by atoms with Crippen LogP contribution in [0, 0.1) is 34.1 Å². The smallest absolute Gasteiger partial charge is 0.333 e. The van der Waals surface area contributed by atoms with Crippen molar-refractivity contribution in [2.45, 2.75) is 13.8 Å². The summed E-state index contributed by atoms with van der Waals surface area (Å²) >= 11 is 0.749. The third-order valence-corrected chi connectivity index (χ3v) is 3.83. The highest BCUT2D eigenvalue weighted by Crippen LogP contribution is 2.40. The van der Waals surface area contributed by atoms with Crippen LogP contribution >= 0.6 is 11.3 Å². The summed E-state index contributed by atoms with van der Waals surface area (Å²) in [5.74, 6) is 0. The molecule has 2 aromatic rings. The van der Waals surface area contributed by atoms with E-state index >= 15 is 0 Å². The van der Waals surface area contributed by atoms with Crippen molar-refractivity contribution < 1.29 is 9.85 Å². The van der Waals surface area contributed by atoms with Gasteiger partial charge in [0.05, 0.1) is 9.85 Å². The van der Waals surface area contributed by atoms with Crippen molar-refractivity contribution in [1.29, 1.82) is 0 Å². The summed E-state index contributed by atoms with van der Waals surface area (Å²) in [6, 6.07) is 6.46. The van der Waals surface area contributed by atoms with E-state index in [1.54, 1.807) is 6.07 Å². The van der Waals surface area contributed by atoms with Gasteiger partial charge >= 0.3 is 10.7 Å². The Bertz CT molecular complexity index is 696. The average molecular weight is 293 g/mol. The van der Waals surface area contributed by atoms with Crippen molar-refractivity contribution in [2.24, 2.45) is 0 Å². The van der Waals surface area contributed by atoms with Crippen molar-refractivity contribution >= 4 is 32.7 Å². The number of hydrogen-bond donors (Lipinski definition) is 1. The Balaban J connectivity index is 2.39.